The number of methoxy groups -OCH3 is 1. The number of fused-ring (bicyclic) bond motifs is 1. The molecule has 0 saturated heterocycles. The molecule has 0 aromatic heterocycles. The van der Waals surface area contributed by atoms with Crippen molar-refractivity contribution < 1.29 is 14.6 Å². The molecule has 0 aliphatic carbocycles. The Kier molecular flexibility index (Phi) is 4.36. The molecule has 3 rings (SSSR count). The highest BCUT2D eigenvalue weighted by Crippen LogP contribution is 2.37. The van der Waals surface area contributed by atoms with Crippen LogP contribution in [0.1, 0.15) is 11.1 Å². The average molecular weight is 302 g/mol. The SMILES string of the molecule is COc1cc(CO)ccc1OCC1Cc2ccccc2S1. The van der Waals surface area contributed by atoms with E-state index in [1.165, 1.54) is 10.5 Å². The van der Waals surface area contributed by atoms with Gasteiger partial charge in [-0.15, -0.1) is 11.8 Å². The summed E-state index contributed by atoms with van der Waals surface area (Å²) in [6.07, 6.45) is 1.04. The van der Waals surface area contributed by atoms with E-state index in [0.29, 0.717) is 17.6 Å². The van der Waals surface area contributed by atoms with Crippen molar-refractivity contribution >= 4 is 11.8 Å². The summed E-state index contributed by atoms with van der Waals surface area (Å²) in [5.41, 5.74) is 2.22. The second kappa shape index (κ2) is 6.41. The number of aliphatic hydroxyl groups excluding tert-OH is 1. The summed E-state index contributed by atoms with van der Waals surface area (Å²) < 4.78 is 11.2. The second-order valence-electron chi connectivity index (χ2n) is 5.01. The molecule has 0 saturated carbocycles. The monoisotopic (exact) mass is 302 g/mol. The lowest BCUT2D eigenvalue weighted by atomic mass is 10.1. The largest absolute Gasteiger partial charge is 0.493 e. The highest BCUT2D eigenvalue weighted by molar-refractivity contribution is 8.00. The number of aliphatic hydroxyl groups is 1. The van der Waals surface area contributed by atoms with Crippen LogP contribution >= 0.6 is 11.8 Å². The van der Waals surface area contributed by atoms with Crippen LogP contribution < -0.4 is 9.47 Å². The van der Waals surface area contributed by atoms with Crippen LogP contribution in [0.4, 0.5) is 0 Å². The minimum atomic E-state index is 0.00439. The predicted octanol–water partition coefficient (Wildman–Crippen LogP) is 3.28. The van der Waals surface area contributed by atoms with Gasteiger partial charge in [0.1, 0.15) is 6.61 Å². The fourth-order valence-electron chi connectivity index (χ4n) is 2.46. The first-order valence-corrected chi connectivity index (χ1v) is 7.83. The van der Waals surface area contributed by atoms with E-state index in [1.54, 1.807) is 7.11 Å². The fourth-order valence-corrected chi connectivity index (χ4v) is 3.68. The maximum atomic E-state index is 9.15. The molecule has 3 nitrogen and oxygen atoms in total. The van der Waals surface area contributed by atoms with Gasteiger partial charge in [0.15, 0.2) is 11.5 Å². The standard InChI is InChI=1S/C17H18O3S/c1-19-16-8-12(10-18)6-7-15(16)20-11-14-9-13-4-2-3-5-17(13)21-14/h2-8,14,18H,9-11H2,1H3. The van der Waals surface area contributed by atoms with Crippen LogP contribution in [0.2, 0.25) is 0 Å². The molecule has 0 radical (unpaired) electrons. The predicted molar refractivity (Wildman–Crippen MR) is 84.2 cm³/mol. The third-order valence-electron chi connectivity index (χ3n) is 3.55. The Hall–Kier alpha value is -1.65. The number of ether oxygens (including phenoxy) is 2. The molecule has 0 amide bonds. The molecular formula is C17H18O3S. The van der Waals surface area contributed by atoms with Gasteiger partial charge < -0.3 is 14.6 Å². The molecule has 1 N–H and O–H groups in total. The van der Waals surface area contributed by atoms with Gasteiger partial charge in [-0.1, -0.05) is 24.3 Å². The van der Waals surface area contributed by atoms with Gasteiger partial charge in [0, 0.05) is 10.1 Å². The van der Waals surface area contributed by atoms with Crippen molar-refractivity contribution in [3.63, 3.8) is 0 Å². The minimum Gasteiger partial charge on any atom is -0.493 e. The van der Waals surface area contributed by atoms with Crippen LogP contribution in [0, 0.1) is 0 Å². The highest BCUT2D eigenvalue weighted by Gasteiger charge is 2.22. The van der Waals surface area contributed by atoms with Crippen LogP contribution in [0.25, 0.3) is 0 Å². The molecule has 110 valence electrons. The molecule has 1 unspecified atom stereocenters. The van der Waals surface area contributed by atoms with Crippen molar-refractivity contribution in [1.29, 1.82) is 0 Å². The molecular weight excluding hydrogens is 284 g/mol. The zero-order valence-corrected chi connectivity index (χ0v) is 12.7. The quantitative estimate of drug-likeness (QED) is 0.920. The van der Waals surface area contributed by atoms with Crippen molar-refractivity contribution in [3.8, 4) is 11.5 Å². The average Bonchev–Trinajstić information content (AvgIpc) is 2.95. The van der Waals surface area contributed by atoms with Crippen LogP contribution in [0.15, 0.2) is 47.4 Å². The zero-order valence-electron chi connectivity index (χ0n) is 11.9. The van der Waals surface area contributed by atoms with Crippen LogP contribution in [-0.4, -0.2) is 24.1 Å². The first kappa shape index (κ1) is 14.3. The molecule has 21 heavy (non-hydrogen) atoms. The lowest BCUT2D eigenvalue weighted by Crippen LogP contribution is -2.13. The third-order valence-corrected chi connectivity index (χ3v) is 4.84. The molecule has 1 aliphatic heterocycles. The normalized spacial score (nSPS) is 16.6. The summed E-state index contributed by atoms with van der Waals surface area (Å²) in [6, 6.07) is 14.0. The summed E-state index contributed by atoms with van der Waals surface area (Å²) in [5.74, 6) is 1.40. The lowest BCUT2D eigenvalue weighted by molar-refractivity contribution is 0.277. The van der Waals surface area contributed by atoms with E-state index in [-0.39, 0.29) is 6.61 Å². The van der Waals surface area contributed by atoms with Crippen molar-refractivity contribution in [2.24, 2.45) is 0 Å². The van der Waals surface area contributed by atoms with Crippen LogP contribution in [0.3, 0.4) is 0 Å². The van der Waals surface area contributed by atoms with Crippen LogP contribution in [0.5, 0.6) is 11.5 Å². The Balaban J connectivity index is 1.64. The van der Waals surface area contributed by atoms with E-state index in [4.69, 9.17) is 14.6 Å². The molecule has 2 aromatic carbocycles. The zero-order chi connectivity index (χ0) is 14.7. The molecule has 2 aromatic rings. The smallest absolute Gasteiger partial charge is 0.161 e. The van der Waals surface area contributed by atoms with E-state index >= 15 is 0 Å². The Bertz CT molecular complexity index is 602. The van der Waals surface area contributed by atoms with Gasteiger partial charge >= 0.3 is 0 Å². The summed E-state index contributed by atoms with van der Waals surface area (Å²) >= 11 is 1.87. The maximum Gasteiger partial charge on any atom is 0.161 e. The fraction of sp³-hybridized carbons (Fsp3) is 0.294. The summed E-state index contributed by atoms with van der Waals surface area (Å²) in [4.78, 5) is 1.36. The summed E-state index contributed by atoms with van der Waals surface area (Å²) in [6.45, 7) is 0.651. The van der Waals surface area contributed by atoms with Gasteiger partial charge in [0.05, 0.1) is 13.7 Å². The van der Waals surface area contributed by atoms with Crippen LogP contribution in [-0.2, 0) is 13.0 Å². The maximum absolute atomic E-state index is 9.15. The number of rotatable bonds is 5. The summed E-state index contributed by atoms with van der Waals surface area (Å²) in [7, 11) is 1.61. The Morgan fingerprint density at radius 1 is 1.19 bits per heavy atom. The third kappa shape index (κ3) is 3.17. The molecule has 1 aliphatic rings. The number of hydrogen-bond acceptors (Lipinski definition) is 4. The van der Waals surface area contributed by atoms with E-state index in [1.807, 2.05) is 30.0 Å². The molecule has 1 atom stereocenters. The molecule has 0 bridgehead atoms. The molecule has 0 fully saturated rings. The van der Waals surface area contributed by atoms with Gasteiger partial charge in [-0.2, -0.15) is 0 Å². The van der Waals surface area contributed by atoms with Gasteiger partial charge in [0.2, 0.25) is 0 Å². The van der Waals surface area contributed by atoms with Gasteiger partial charge in [0.25, 0.3) is 0 Å². The molecule has 0 spiro atoms. The van der Waals surface area contributed by atoms with Gasteiger partial charge in [-0.25, -0.2) is 0 Å². The van der Waals surface area contributed by atoms with Gasteiger partial charge in [-0.05, 0) is 35.7 Å². The van der Waals surface area contributed by atoms with Crippen molar-refractivity contribution in [2.75, 3.05) is 13.7 Å². The van der Waals surface area contributed by atoms with Crippen molar-refractivity contribution in [3.05, 3.63) is 53.6 Å². The Labute approximate surface area is 128 Å². The number of benzene rings is 2. The second-order valence-corrected chi connectivity index (χ2v) is 6.35. The first-order valence-electron chi connectivity index (χ1n) is 6.95. The van der Waals surface area contributed by atoms with Crippen molar-refractivity contribution in [2.45, 2.75) is 23.2 Å². The Morgan fingerprint density at radius 2 is 2.05 bits per heavy atom. The minimum absolute atomic E-state index is 0.00439. The highest BCUT2D eigenvalue weighted by atomic mass is 32.2. The van der Waals surface area contributed by atoms with Crippen molar-refractivity contribution in [1.82, 2.24) is 0 Å². The van der Waals surface area contributed by atoms with Gasteiger partial charge in [-0.3, -0.25) is 0 Å². The molecule has 4 heteroatoms. The van der Waals surface area contributed by atoms with E-state index in [0.717, 1.165) is 17.7 Å². The molecule has 1 heterocycles. The number of thioether (sulfide) groups is 1. The Morgan fingerprint density at radius 3 is 2.81 bits per heavy atom. The number of hydrogen-bond donors (Lipinski definition) is 1. The lowest BCUT2D eigenvalue weighted by Gasteiger charge is -2.14. The van der Waals surface area contributed by atoms with E-state index < -0.39 is 0 Å². The van der Waals surface area contributed by atoms with E-state index in [9.17, 15) is 0 Å². The summed E-state index contributed by atoms with van der Waals surface area (Å²) in [5, 5.41) is 9.59. The first-order chi connectivity index (χ1) is 10.3. The van der Waals surface area contributed by atoms with E-state index in [2.05, 4.69) is 24.3 Å². The topological polar surface area (TPSA) is 38.7 Å².